The van der Waals surface area contributed by atoms with E-state index in [4.69, 9.17) is 8.85 Å². The first-order valence-electron chi connectivity index (χ1n) is 5.65. The van der Waals surface area contributed by atoms with E-state index in [1.54, 1.807) is 0 Å². The second-order valence-electron chi connectivity index (χ2n) is 4.11. The van der Waals surface area contributed by atoms with Gasteiger partial charge >= 0.3 is 0 Å². The highest BCUT2D eigenvalue weighted by Crippen LogP contribution is 2.18. The molecule has 2 aliphatic rings. The van der Waals surface area contributed by atoms with Gasteiger partial charge in [-0.2, -0.15) is 0 Å². The molecular weight excluding hydrogens is 212 g/mol. The van der Waals surface area contributed by atoms with Crippen LogP contribution in [0.5, 0.6) is 0 Å². The fourth-order valence-corrected chi connectivity index (χ4v) is 8.83. The zero-order valence-corrected chi connectivity index (χ0v) is 10.8. The Kier molecular flexibility index (Phi) is 3.92. The van der Waals surface area contributed by atoms with Gasteiger partial charge in [0.1, 0.15) is 5.03 Å². The highest BCUT2D eigenvalue weighted by Gasteiger charge is 2.33. The Morgan fingerprint density at radius 3 is 1.71 bits per heavy atom. The summed E-state index contributed by atoms with van der Waals surface area (Å²) >= 11 is 0. The second kappa shape index (κ2) is 5.20. The Balaban J connectivity index is 1.85. The van der Waals surface area contributed by atoms with Gasteiger partial charge in [-0.3, -0.25) is 0 Å². The van der Waals surface area contributed by atoms with Gasteiger partial charge in [0.2, 0.25) is 18.1 Å². The molecule has 0 aromatic carbocycles. The van der Waals surface area contributed by atoms with Crippen molar-refractivity contribution in [3.8, 4) is 0 Å². The third kappa shape index (κ3) is 2.53. The molecule has 0 radical (unpaired) electrons. The predicted octanol–water partition coefficient (Wildman–Crippen LogP) is 1.34. The van der Waals surface area contributed by atoms with Crippen LogP contribution in [0.25, 0.3) is 0 Å². The summed E-state index contributed by atoms with van der Waals surface area (Å²) in [5.41, 5.74) is 0. The summed E-state index contributed by atoms with van der Waals surface area (Å²) in [7, 11) is -2.99. The summed E-state index contributed by atoms with van der Waals surface area (Å²) in [6.45, 7) is 1.65. The lowest BCUT2D eigenvalue weighted by molar-refractivity contribution is 0.242. The molecule has 0 amide bonds. The molecule has 0 aromatic heterocycles. The van der Waals surface area contributed by atoms with E-state index in [2.05, 4.69) is 0 Å². The summed E-state index contributed by atoms with van der Waals surface area (Å²) in [6, 6.07) is 2.12. The van der Waals surface area contributed by atoms with E-state index >= 15 is 0 Å². The van der Waals surface area contributed by atoms with Crippen LogP contribution in [0.1, 0.15) is 25.7 Å². The van der Waals surface area contributed by atoms with Gasteiger partial charge in [-0.25, -0.2) is 0 Å². The van der Waals surface area contributed by atoms with E-state index in [0.29, 0.717) is 5.03 Å². The third-order valence-electron chi connectivity index (χ3n) is 2.99. The lowest BCUT2D eigenvalue weighted by atomic mass is 10.4. The van der Waals surface area contributed by atoms with Crippen molar-refractivity contribution in [3.63, 3.8) is 0 Å². The van der Waals surface area contributed by atoms with Crippen LogP contribution >= 0.6 is 0 Å². The van der Waals surface area contributed by atoms with Crippen molar-refractivity contribution in [1.29, 1.82) is 0 Å². The van der Waals surface area contributed by atoms with Crippen LogP contribution in [0, 0.1) is 0 Å². The molecule has 0 spiro atoms. The minimum absolute atomic E-state index is 0.462. The van der Waals surface area contributed by atoms with Crippen molar-refractivity contribution in [2.24, 2.45) is 0 Å². The molecule has 5 heteroatoms. The molecular formula is C9H18O3Si2. The van der Waals surface area contributed by atoms with Crippen LogP contribution in [-0.2, 0) is 8.85 Å². The topological polar surface area (TPSA) is 35.5 Å². The summed E-state index contributed by atoms with van der Waals surface area (Å²) in [6.07, 6.45) is 4.68. The van der Waals surface area contributed by atoms with Gasteiger partial charge < -0.3 is 13.6 Å². The SMILES string of the molecule is O=C([SiH]1CCCCO1)[SiH]1CCCCO1. The molecule has 2 atom stereocenters. The third-order valence-corrected chi connectivity index (χ3v) is 9.64. The average molecular weight is 230 g/mol. The van der Waals surface area contributed by atoms with Gasteiger partial charge in [0, 0.05) is 13.2 Å². The smallest absolute Gasteiger partial charge is 0.246 e. The Bertz CT molecular complexity index is 178. The standard InChI is InChI=1S/C9H18O3Si2/c10-9(13-7-3-1-5-11-13)14-8-4-2-6-12-14/h13-14H,1-8H2. The molecule has 2 fully saturated rings. The highest BCUT2D eigenvalue weighted by molar-refractivity contribution is 7.14. The van der Waals surface area contributed by atoms with Gasteiger partial charge in [-0.15, -0.1) is 0 Å². The van der Waals surface area contributed by atoms with Crippen LogP contribution in [0.2, 0.25) is 12.1 Å². The molecule has 2 aliphatic heterocycles. The van der Waals surface area contributed by atoms with Crippen LogP contribution in [0.4, 0.5) is 4.79 Å². The van der Waals surface area contributed by atoms with Crippen molar-refractivity contribution in [2.75, 3.05) is 13.2 Å². The van der Waals surface area contributed by atoms with Crippen LogP contribution < -0.4 is 0 Å². The molecule has 0 N–H and O–H groups in total. The number of carbonyl (C=O) groups excluding carboxylic acids is 1. The number of rotatable bonds is 2. The predicted molar refractivity (Wildman–Crippen MR) is 59.7 cm³/mol. The minimum Gasteiger partial charge on any atom is -0.412 e. The van der Waals surface area contributed by atoms with E-state index in [1.807, 2.05) is 0 Å². The van der Waals surface area contributed by atoms with E-state index in [9.17, 15) is 4.79 Å². The monoisotopic (exact) mass is 230 g/mol. The molecule has 2 heterocycles. The average Bonchev–Trinajstić information content (AvgIpc) is 2.30. The summed E-state index contributed by atoms with van der Waals surface area (Å²) in [5.74, 6) is 0. The molecule has 0 aliphatic carbocycles. The largest absolute Gasteiger partial charge is 0.412 e. The zero-order chi connectivity index (χ0) is 9.80. The van der Waals surface area contributed by atoms with Crippen LogP contribution in [0.15, 0.2) is 0 Å². The molecule has 3 nitrogen and oxygen atoms in total. The van der Waals surface area contributed by atoms with Crippen molar-refractivity contribution in [2.45, 2.75) is 37.8 Å². The van der Waals surface area contributed by atoms with Crippen molar-refractivity contribution >= 4 is 23.1 Å². The first-order valence-corrected chi connectivity index (χ1v) is 9.38. The fourth-order valence-electron chi connectivity index (χ4n) is 2.14. The normalized spacial score (nSPS) is 34.0. The molecule has 2 unspecified atom stereocenters. The minimum atomic E-state index is -1.50. The van der Waals surface area contributed by atoms with Crippen molar-refractivity contribution < 1.29 is 13.6 Å². The summed E-state index contributed by atoms with van der Waals surface area (Å²) in [4.78, 5) is 12.0. The Labute approximate surface area is 88.2 Å². The molecule has 0 aromatic rings. The quantitative estimate of drug-likeness (QED) is 0.672. The van der Waals surface area contributed by atoms with Crippen LogP contribution in [0.3, 0.4) is 0 Å². The zero-order valence-electron chi connectivity index (χ0n) is 8.54. The second-order valence-corrected chi connectivity index (χ2v) is 9.69. The number of carbonyl (C=O) groups is 1. The van der Waals surface area contributed by atoms with E-state index in [0.717, 1.165) is 38.1 Å². The molecule has 80 valence electrons. The molecule has 0 bridgehead atoms. The maximum Gasteiger partial charge on any atom is 0.246 e. The number of hydrogen-bond acceptors (Lipinski definition) is 3. The molecule has 2 saturated heterocycles. The fraction of sp³-hybridized carbons (Fsp3) is 0.889. The van der Waals surface area contributed by atoms with E-state index < -0.39 is 18.1 Å². The Morgan fingerprint density at radius 2 is 1.36 bits per heavy atom. The van der Waals surface area contributed by atoms with Gasteiger partial charge in [0.05, 0.1) is 0 Å². The first kappa shape index (κ1) is 10.5. The van der Waals surface area contributed by atoms with Gasteiger partial charge in [-0.05, 0) is 24.9 Å². The number of hydrogen-bond donors (Lipinski definition) is 0. The summed E-state index contributed by atoms with van der Waals surface area (Å²) in [5, 5.41) is 0.462. The lowest BCUT2D eigenvalue weighted by Crippen LogP contribution is -2.44. The Hall–Kier alpha value is 0.0238. The van der Waals surface area contributed by atoms with E-state index in [1.165, 1.54) is 12.8 Å². The van der Waals surface area contributed by atoms with Gasteiger partial charge in [0.25, 0.3) is 0 Å². The summed E-state index contributed by atoms with van der Waals surface area (Å²) < 4.78 is 11.3. The molecule has 14 heavy (non-hydrogen) atoms. The maximum atomic E-state index is 12.0. The van der Waals surface area contributed by atoms with Gasteiger partial charge in [0.15, 0.2) is 0 Å². The van der Waals surface area contributed by atoms with E-state index in [-0.39, 0.29) is 0 Å². The van der Waals surface area contributed by atoms with Crippen molar-refractivity contribution in [3.05, 3.63) is 0 Å². The van der Waals surface area contributed by atoms with Crippen LogP contribution in [-0.4, -0.2) is 36.3 Å². The Morgan fingerprint density at radius 1 is 0.857 bits per heavy atom. The van der Waals surface area contributed by atoms with Gasteiger partial charge in [-0.1, -0.05) is 12.8 Å². The first-order chi connectivity index (χ1) is 6.88. The molecule has 0 saturated carbocycles. The van der Waals surface area contributed by atoms with Crippen molar-refractivity contribution in [1.82, 2.24) is 0 Å². The maximum absolute atomic E-state index is 12.0. The lowest BCUT2D eigenvalue weighted by Gasteiger charge is -2.25. The molecule has 2 rings (SSSR count). The highest BCUT2D eigenvalue weighted by atomic mass is 28.4.